The fraction of sp³-hybridized carbons (Fsp3) is 0.179. The smallest absolute Gasteiger partial charge is 0.289 e. The number of Topliss-reactive ketones (excluding diaryl/α,β-unsaturated/α-hetero) is 1. The van der Waals surface area contributed by atoms with E-state index in [1.165, 1.54) is 28.9 Å². The van der Waals surface area contributed by atoms with Crippen LogP contribution in [0.25, 0.3) is 17.1 Å². The topological polar surface area (TPSA) is 106 Å². The first-order valence-corrected chi connectivity index (χ1v) is 11.9. The van der Waals surface area contributed by atoms with Crippen LogP contribution in [0.15, 0.2) is 85.2 Å². The van der Waals surface area contributed by atoms with E-state index in [0.29, 0.717) is 11.3 Å². The average molecular weight is 498 g/mol. The fourth-order valence-electron chi connectivity index (χ4n) is 3.91. The van der Waals surface area contributed by atoms with Crippen LogP contribution in [-0.4, -0.2) is 44.4 Å². The molecule has 5 rings (SSSR count). The Balaban J connectivity index is 1.40. The minimum atomic E-state index is -1.15. The highest BCUT2D eigenvalue weighted by molar-refractivity contribution is 6.38. The summed E-state index contributed by atoms with van der Waals surface area (Å²) in [6.07, 6.45) is 4.91. The van der Waals surface area contributed by atoms with Crippen molar-refractivity contribution in [2.75, 3.05) is 0 Å². The molecule has 2 N–H and O–H groups in total. The van der Waals surface area contributed by atoms with Crippen LogP contribution in [0.2, 0.25) is 0 Å². The number of pyridine rings is 1. The number of hydrogen-bond acceptors (Lipinski definition) is 5. The van der Waals surface area contributed by atoms with Gasteiger partial charge in [0.25, 0.3) is 11.8 Å². The minimum absolute atomic E-state index is 0.0119. The summed E-state index contributed by atoms with van der Waals surface area (Å²) >= 11 is 0. The second-order valence-electron chi connectivity index (χ2n) is 8.85. The number of nitrogens with zero attached hydrogens (tertiary/aromatic N) is 3. The number of carbonyl (C=O) groups excluding carboxylic acids is 3. The number of benzene rings is 2. The zero-order valence-corrected chi connectivity index (χ0v) is 19.8. The third kappa shape index (κ3) is 5.78. The monoisotopic (exact) mass is 497 g/mol. The summed E-state index contributed by atoms with van der Waals surface area (Å²) in [5.41, 5.74) is 2.41. The zero-order chi connectivity index (χ0) is 25.8. The predicted octanol–water partition coefficient (Wildman–Crippen LogP) is 3.26. The van der Waals surface area contributed by atoms with Gasteiger partial charge < -0.3 is 10.6 Å². The molecular weight excluding hydrogens is 473 g/mol. The van der Waals surface area contributed by atoms with Gasteiger partial charge in [0.05, 0.1) is 11.3 Å². The van der Waals surface area contributed by atoms with E-state index in [4.69, 9.17) is 0 Å². The Hall–Kier alpha value is -4.66. The van der Waals surface area contributed by atoms with E-state index in [1.807, 2.05) is 36.4 Å². The van der Waals surface area contributed by atoms with Crippen LogP contribution in [0, 0.1) is 5.82 Å². The van der Waals surface area contributed by atoms with E-state index in [0.717, 1.165) is 18.4 Å². The van der Waals surface area contributed by atoms with Crippen LogP contribution in [0.3, 0.4) is 0 Å². The van der Waals surface area contributed by atoms with Crippen molar-refractivity contribution in [3.05, 3.63) is 102 Å². The van der Waals surface area contributed by atoms with Crippen LogP contribution >= 0.6 is 0 Å². The van der Waals surface area contributed by atoms with Crippen LogP contribution in [-0.2, 0) is 16.0 Å². The molecule has 2 aromatic heterocycles. The number of nitrogens with one attached hydrogen (secondary N) is 2. The molecule has 0 bridgehead atoms. The Bertz CT molecular complexity index is 1430. The summed E-state index contributed by atoms with van der Waals surface area (Å²) in [7, 11) is 0. The molecule has 0 spiro atoms. The lowest BCUT2D eigenvalue weighted by atomic mass is 10.0. The van der Waals surface area contributed by atoms with Crippen LogP contribution < -0.4 is 10.6 Å². The highest BCUT2D eigenvalue weighted by atomic mass is 19.1. The van der Waals surface area contributed by atoms with Crippen molar-refractivity contribution >= 4 is 17.6 Å². The van der Waals surface area contributed by atoms with Crippen molar-refractivity contribution in [3.63, 3.8) is 0 Å². The Morgan fingerprint density at radius 1 is 0.973 bits per heavy atom. The third-order valence-electron chi connectivity index (χ3n) is 6.02. The number of hydrogen-bond donors (Lipinski definition) is 2. The molecule has 4 aromatic rings. The highest BCUT2D eigenvalue weighted by Crippen LogP contribution is 2.20. The van der Waals surface area contributed by atoms with Gasteiger partial charge in [0.15, 0.2) is 5.82 Å². The van der Waals surface area contributed by atoms with Crippen molar-refractivity contribution in [3.8, 4) is 17.1 Å². The maximum absolute atomic E-state index is 13.4. The molecule has 2 heterocycles. The highest BCUT2D eigenvalue weighted by Gasteiger charge is 2.32. The molecule has 186 valence electrons. The van der Waals surface area contributed by atoms with Gasteiger partial charge in [-0.1, -0.05) is 42.5 Å². The molecule has 1 unspecified atom stereocenters. The average Bonchev–Trinajstić information content (AvgIpc) is 3.60. The molecule has 2 amide bonds. The molecule has 37 heavy (non-hydrogen) atoms. The van der Waals surface area contributed by atoms with Crippen molar-refractivity contribution < 1.29 is 18.8 Å². The maximum atomic E-state index is 13.4. The molecule has 1 aliphatic rings. The summed E-state index contributed by atoms with van der Waals surface area (Å²) in [6, 6.07) is 19.0. The molecule has 1 fully saturated rings. The molecular formula is C28H24FN5O3. The zero-order valence-electron chi connectivity index (χ0n) is 19.8. The Kier molecular flexibility index (Phi) is 6.85. The number of halogens is 1. The van der Waals surface area contributed by atoms with Gasteiger partial charge in [-0.2, -0.15) is 5.10 Å². The van der Waals surface area contributed by atoms with Gasteiger partial charge in [-0.3, -0.25) is 14.4 Å². The first kappa shape index (κ1) is 24.1. The van der Waals surface area contributed by atoms with E-state index in [2.05, 4.69) is 20.7 Å². The summed E-state index contributed by atoms with van der Waals surface area (Å²) in [5, 5.41) is 9.93. The van der Waals surface area contributed by atoms with E-state index >= 15 is 0 Å². The second kappa shape index (κ2) is 10.5. The summed E-state index contributed by atoms with van der Waals surface area (Å²) in [5.74, 6) is -2.24. The van der Waals surface area contributed by atoms with Crippen molar-refractivity contribution in [2.24, 2.45) is 0 Å². The molecule has 8 nitrogen and oxygen atoms in total. The summed E-state index contributed by atoms with van der Waals surface area (Å²) in [6.45, 7) is 0. The number of rotatable bonds is 9. The van der Waals surface area contributed by atoms with Gasteiger partial charge >= 0.3 is 0 Å². The molecule has 0 saturated heterocycles. The molecule has 1 aliphatic carbocycles. The molecule has 0 aliphatic heterocycles. The van der Waals surface area contributed by atoms with Gasteiger partial charge in [-0.25, -0.2) is 14.1 Å². The number of amides is 2. The fourth-order valence-corrected chi connectivity index (χ4v) is 3.91. The lowest BCUT2D eigenvalue weighted by Crippen LogP contribution is -2.49. The quantitative estimate of drug-likeness (QED) is 0.345. The van der Waals surface area contributed by atoms with Crippen LogP contribution in [0.1, 0.15) is 28.8 Å². The number of aromatic nitrogens is 3. The van der Waals surface area contributed by atoms with Gasteiger partial charge in [0, 0.05) is 30.4 Å². The molecule has 2 aromatic carbocycles. The second-order valence-corrected chi connectivity index (χ2v) is 8.85. The van der Waals surface area contributed by atoms with Crippen molar-refractivity contribution in [1.82, 2.24) is 25.4 Å². The Morgan fingerprint density at radius 3 is 2.46 bits per heavy atom. The number of ketones is 1. The van der Waals surface area contributed by atoms with Crippen molar-refractivity contribution in [1.29, 1.82) is 0 Å². The predicted molar refractivity (Wildman–Crippen MR) is 134 cm³/mol. The molecule has 9 heteroatoms. The van der Waals surface area contributed by atoms with Crippen LogP contribution in [0.4, 0.5) is 4.39 Å². The van der Waals surface area contributed by atoms with E-state index in [-0.39, 0.29) is 23.8 Å². The summed E-state index contributed by atoms with van der Waals surface area (Å²) < 4.78 is 14.9. The molecule has 1 atom stereocenters. The molecule has 1 saturated carbocycles. The Labute approximate surface area is 212 Å². The minimum Gasteiger partial charge on any atom is -0.347 e. The normalized spacial score (nSPS) is 13.5. The van der Waals surface area contributed by atoms with Gasteiger partial charge in [-0.05, 0) is 48.7 Å². The van der Waals surface area contributed by atoms with Gasteiger partial charge in [0.1, 0.15) is 11.9 Å². The Morgan fingerprint density at radius 2 is 1.73 bits per heavy atom. The SMILES string of the molecule is O=C(NC1CC1)C(=O)C(Cc1ccc(F)cc1)NC(=O)c1cccnc1-n1ccc(-c2ccccc2)n1. The molecule has 0 radical (unpaired) electrons. The van der Waals surface area contributed by atoms with Crippen molar-refractivity contribution in [2.45, 2.75) is 31.3 Å². The largest absolute Gasteiger partial charge is 0.347 e. The van der Waals surface area contributed by atoms with E-state index in [9.17, 15) is 18.8 Å². The first-order valence-electron chi connectivity index (χ1n) is 11.9. The van der Waals surface area contributed by atoms with Gasteiger partial charge in [-0.15, -0.1) is 0 Å². The lowest BCUT2D eigenvalue weighted by Gasteiger charge is -2.18. The van der Waals surface area contributed by atoms with E-state index < -0.39 is 29.5 Å². The lowest BCUT2D eigenvalue weighted by molar-refractivity contribution is -0.139. The van der Waals surface area contributed by atoms with Gasteiger partial charge in [0.2, 0.25) is 5.78 Å². The maximum Gasteiger partial charge on any atom is 0.289 e. The standard InChI is InChI=1S/C28H24FN5O3/c29-20-10-8-18(9-11-20)17-24(25(35)28(37)31-21-12-13-21)32-27(36)22-7-4-15-30-26(22)34-16-14-23(33-34)19-5-2-1-3-6-19/h1-11,14-16,21,24H,12-13,17H2,(H,31,37)(H,32,36). The summed E-state index contributed by atoms with van der Waals surface area (Å²) in [4.78, 5) is 43.3. The first-order chi connectivity index (χ1) is 18.0. The number of carbonyl (C=O) groups is 3. The third-order valence-corrected chi connectivity index (χ3v) is 6.02. The van der Waals surface area contributed by atoms with E-state index in [1.54, 1.807) is 24.5 Å². The van der Waals surface area contributed by atoms with Crippen LogP contribution in [0.5, 0.6) is 0 Å².